The van der Waals surface area contributed by atoms with Crippen molar-refractivity contribution in [2.24, 2.45) is 0 Å². The standard InChI is InChI=1S/C25H31FN2O5S/c1-25(2,33-22-12-5-16(26)13-23(22)32-3)24(29)27-17-14-19-6-7-20(15-17)28(19)18-8-10-21(11-9-18)34(4,30)31/h5,8-13,17,19-20H,6-7,14-15H2,1-4H3,(H,27,29)/t17-,19+,20-. The Kier molecular flexibility index (Phi) is 6.50. The molecule has 2 saturated heterocycles. The first-order valence-corrected chi connectivity index (χ1v) is 13.3. The molecule has 9 heteroatoms. The van der Waals surface area contributed by atoms with Crippen LogP contribution < -0.4 is 19.7 Å². The summed E-state index contributed by atoms with van der Waals surface area (Å²) in [6.07, 6.45) is 4.85. The monoisotopic (exact) mass is 490 g/mol. The number of fused-ring (bicyclic) bond motifs is 2. The highest BCUT2D eigenvalue weighted by Gasteiger charge is 2.42. The van der Waals surface area contributed by atoms with Crippen molar-refractivity contribution in [3.63, 3.8) is 0 Å². The molecule has 0 spiro atoms. The van der Waals surface area contributed by atoms with Gasteiger partial charge >= 0.3 is 0 Å². The Labute approximate surface area is 200 Å². The normalized spacial score (nSPS) is 22.4. The topological polar surface area (TPSA) is 84.9 Å². The van der Waals surface area contributed by atoms with Crippen LogP contribution in [0.2, 0.25) is 0 Å². The molecule has 184 valence electrons. The lowest BCUT2D eigenvalue weighted by molar-refractivity contribution is -0.135. The van der Waals surface area contributed by atoms with E-state index in [0.29, 0.717) is 10.6 Å². The Morgan fingerprint density at radius 2 is 1.68 bits per heavy atom. The second-order valence-electron chi connectivity index (χ2n) is 9.61. The first-order chi connectivity index (χ1) is 16.0. The number of hydrogen-bond acceptors (Lipinski definition) is 6. The minimum atomic E-state index is -3.23. The number of benzene rings is 2. The van der Waals surface area contributed by atoms with Crippen LogP contribution in [-0.4, -0.2) is 51.4 Å². The van der Waals surface area contributed by atoms with Gasteiger partial charge in [0.05, 0.1) is 12.0 Å². The summed E-state index contributed by atoms with van der Waals surface area (Å²) in [7, 11) is -1.81. The third kappa shape index (κ3) is 4.99. The largest absolute Gasteiger partial charge is 0.493 e. The van der Waals surface area contributed by atoms with Crippen LogP contribution in [0.15, 0.2) is 47.4 Å². The molecule has 1 amide bonds. The van der Waals surface area contributed by atoms with E-state index in [0.717, 1.165) is 31.4 Å². The van der Waals surface area contributed by atoms with Gasteiger partial charge in [0.25, 0.3) is 5.91 Å². The molecule has 3 atom stereocenters. The molecule has 0 saturated carbocycles. The summed E-state index contributed by atoms with van der Waals surface area (Å²) in [6.45, 7) is 3.36. The van der Waals surface area contributed by atoms with Gasteiger partial charge in [-0.2, -0.15) is 0 Å². The SMILES string of the molecule is COc1cc(F)ccc1OC(C)(C)C(=O)N[C@H]1C[C@H]2CC[C@@H](C1)N2c1ccc(S(C)(=O)=O)cc1. The molecular formula is C25H31FN2O5S. The smallest absolute Gasteiger partial charge is 0.263 e. The van der Waals surface area contributed by atoms with E-state index in [2.05, 4.69) is 10.2 Å². The summed E-state index contributed by atoms with van der Waals surface area (Å²) >= 11 is 0. The number of carbonyl (C=O) groups excluding carboxylic acids is 1. The van der Waals surface area contributed by atoms with Crippen LogP contribution >= 0.6 is 0 Å². The van der Waals surface area contributed by atoms with Crippen LogP contribution in [0.5, 0.6) is 11.5 Å². The molecule has 2 fully saturated rings. The number of nitrogens with one attached hydrogen (secondary N) is 1. The van der Waals surface area contributed by atoms with Crippen LogP contribution in [-0.2, 0) is 14.6 Å². The second kappa shape index (κ2) is 9.09. The maximum Gasteiger partial charge on any atom is 0.263 e. The van der Waals surface area contributed by atoms with Crippen LogP contribution in [0, 0.1) is 5.82 Å². The van der Waals surface area contributed by atoms with E-state index in [-0.39, 0.29) is 29.8 Å². The predicted molar refractivity (Wildman–Crippen MR) is 128 cm³/mol. The molecule has 4 rings (SSSR count). The maximum absolute atomic E-state index is 13.5. The summed E-state index contributed by atoms with van der Waals surface area (Å²) in [4.78, 5) is 15.8. The first kappa shape index (κ1) is 24.3. The minimum absolute atomic E-state index is 0.00883. The van der Waals surface area contributed by atoms with E-state index >= 15 is 0 Å². The van der Waals surface area contributed by atoms with Crippen molar-refractivity contribution in [1.29, 1.82) is 0 Å². The van der Waals surface area contributed by atoms with Crippen LogP contribution in [0.3, 0.4) is 0 Å². The average molecular weight is 491 g/mol. The van der Waals surface area contributed by atoms with Crippen molar-refractivity contribution < 1.29 is 27.1 Å². The molecule has 2 aliphatic heterocycles. The summed E-state index contributed by atoms with van der Waals surface area (Å²) in [5.74, 6) is -0.153. The molecule has 0 aromatic heterocycles. The number of methoxy groups -OCH3 is 1. The minimum Gasteiger partial charge on any atom is -0.493 e. The zero-order chi connectivity index (χ0) is 24.7. The van der Waals surface area contributed by atoms with Gasteiger partial charge in [-0.15, -0.1) is 0 Å². The second-order valence-corrected chi connectivity index (χ2v) is 11.6. The Hall–Kier alpha value is -2.81. The quantitative estimate of drug-likeness (QED) is 0.637. The van der Waals surface area contributed by atoms with Gasteiger partial charge in [0.15, 0.2) is 26.9 Å². The number of piperidine rings is 1. The molecule has 0 unspecified atom stereocenters. The third-order valence-electron chi connectivity index (χ3n) is 6.67. The summed E-state index contributed by atoms with van der Waals surface area (Å²) < 4.78 is 48.1. The van der Waals surface area contributed by atoms with E-state index < -0.39 is 21.3 Å². The lowest BCUT2D eigenvalue weighted by atomic mass is 9.95. The highest BCUT2D eigenvalue weighted by molar-refractivity contribution is 7.90. The number of anilines is 1. The number of sulfone groups is 1. The number of halogens is 1. The Bertz CT molecular complexity index is 1150. The molecule has 2 aromatic rings. The highest BCUT2D eigenvalue weighted by atomic mass is 32.2. The van der Waals surface area contributed by atoms with Crippen molar-refractivity contribution >= 4 is 21.4 Å². The van der Waals surface area contributed by atoms with Gasteiger partial charge in [-0.3, -0.25) is 4.79 Å². The van der Waals surface area contributed by atoms with Crippen LogP contribution in [0.25, 0.3) is 0 Å². The molecule has 2 heterocycles. The third-order valence-corrected chi connectivity index (χ3v) is 7.80. The van der Waals surface area contributed by atoms with Crippen LogP contribution in [0.4, 0.5) is 10.1 Å². The van der Waals surface area contributed by atoms with Crippen LogP contribution in [0.1, 0.15) is 39.5 Å². The fraction of sp³-hybridized carbons (Fsp3) is 0.480. The molecule has 1 N–H and O–H groups in total. The van der Waals surface area contributed by atoms with Gasteiger partial charge in [0.2, 0.25) is 0 Å². The van der Waals surface area contributed by atoms with Crippen molar-refractivity contribution in [3.8, 4) is 11.5 Å². The van der Waals surface area contributed by atoms with E-state index in [4.69, 9.17) is 9.47 Å². The predicted octanol–water partition coefficient (Wildman–Crippen LogP) is 3.71. The zero-order valence-electron chi connectivity index (χ0n) is 19.9. The number of hydrogen-bond donors (Lipinski definition) is 1. The lowest BCUT2D eigenvalue weighted by Crippen LogP contribution is -2.55. The molecule has 7 nitrogen and oxygen atoms in total. The van der Waals surface area contributed by atoms with E-state index in [9.17, 15) is 17.6 Å². The molecule has 34 heavy (non-hydrogen) atoms. The van der Waals surface area contributed by atoms with Gasteiger partial charge < -0.3 is 19.7 Å². The lowest BCUT2D eigenvalue weighted by Gasteiger charge is -2.41. The van der Waals surface area contributed by atoms with Crippen molar-refractivity contribution in [3.05, 3.63) is 48.3 Å². The molecule has 0 radical (unpaired) electrons. The van der Waals surface area contributed by atoms with E-state index in [1.807, 2.05) is 12.1 Å². The van der Waals surface area contributed by atoms with Gasteiger partial charge in [0, 0.05) is 36.1 Å². The average Bonchev–Trinajstić information content (AvgIpc) is 3.04. The maximum atomic E-state index is 13.5. The zero-order valence-corrected chi connectivity index (χ0v) is 20.7. The molecule has 0 aliphatic carbocycles. The highest BCUT2D eigenvalue weighted by Crippen LogP contribution is 2.40. The Morgan fingerprint density at radius 1 is 1.06 bits per heavy atom. The van der Waals surface area contributed by atoms with Gasteiger partial charge in [-0.05, 0) is 75.9 Å². The van der Waals surface area contributed by atoms with E-state index in [1.54, 1.807) is 26.0 Å². The molecule has 2 aliphatic rings. The molecule has 2 aromatic carbocycles. The van der Waals surface area contributed by atoms with Gasteiger partial charge in [0.1, 0.15) is 5.82 Å². The van der Waals surface area contributed by atoms with Gasteiger partial charge in [-0.1, -0.05) is 0 Å². The number of rotatable bonds is 7. The summed E-state index contributed by atoms with van der Waals surface area (Å²) in [5, 5.41) is 3.15. The van der Waals surface area contributed by atoms with Crippen molar-refractivity contribution in [2.45, 2.75) is 68.2 Å². The Balaban J connectivity index is 1.41. The first-order valence-electron chi connectivity index (χ1n) is 11.4. The van der Waals surface area contributed by atoms with Gasteiger partial charge in [-0.25, -0.2) is 12.8 Å². The van der Waals surface area contributed by atoms with E-state index in [1.165, 1.54) is 31.6 Å². The fourth-order valence-corrected chi connectivity index (χ4v) is 5.62. The number of amides is 1. The fourth-order valence-electron chi connectivity index (χ4n) is 4.99. The van der Waals surface area contributed by atoms with Crippen molar-refractivity contribution in [1.82, 2.24) is 5.32 Å². The summed E-state index contributed by atoms with van der Waals surface area (Å²) in [6, 6.07) is 11.5. The summed E-state index contributed by atoms with van der Waals surface area (Å²) in [5.41, 5.74) is -0.167. The Morgan fingerprint density at radius 3 is 2.24 bits per heavy atom. The molecule has 2 bridgehead atoms. The molecular weight excluding hydrogens is 459 g/mol. The number of carbonyl (C=O) groups is 1. The van der Waals surface area contributed by atoms with Crippen molar-refractivity contribution in [2.75, 3.05) is 18.3 Å². The number of ether oxygens (including phenoxy) is 2. The number of nitrogens with zero attached hydrogens (tertiary/aromatic N) is 1.